The molecule has 2 nitrogen and oxygen atoms in total. The minimum Gasteiger partial charge on any atom is 0 e. The Morgan fingerprint density at radius 1 is 0.880 bits per heavy atom. The summed E-state index contributed by atoms with van der Waals surface area (Å²) < 4.78 is 0. The van der Waals surface area contributed by atoms with E-state index in [0.29, 0.717) is 0 Å². The first-order chi connectivity index (χ1) is 10.3. The Labute approximate surface area is 190 Å². The molecule has 0 aliphatic carbocycles. The normalized spacial score (nSPS) is 13.3. The Bertz CT molecular complexity index is 336. The molecule has 0 amide bonds. The summed E-state index contributed by atoms with van der Waals surface area (Å²) in [6.07, 6.45) is 12.7. The fourth-order valence-corrected chi connectivity index (χ4v) is 2.99. The second kappa shape index (κ2) is 21.1. The molecule has 0 aliphatic rings. The van der Waals surface area contributed by atoms with Crippen LogP contribution in [0.5, 0.6) is 0 Å². The number of carboxylic acids is 1. The van der Waals surface area contributed by atoms with Crippen molar-refractivity contribution in [3.63, 3.8) is 0 Å². The molecule has 0 saturated heterocycles. The predicted molar refractivity (Wildman–Crippen MR) is 106 cm³/mol. The number of rotatable bonds is 13. The van der Waals surface area contributed by atoms with Gasteiger partial charge in [0.25, 0.3) is 0 Å². The molecule has 25 heavy (non-hydrogen) atoms. The summed E-state index contributed by atoms with van der Waals surface area (Å²) in [5.74, 6) is 1.65. The van der Waals surface area contributed by atoms with Crippen molar-refractivity contribution in [3.8, 4) is 0 Å². The Hall–Kier alpha value is 0.763. The molecule has 0 aromatic carbocycles. The van der Waals surface area contributed by atoms with Gasteiger partial charge in [-0.3, -0.25) is 4.70 Å². The first-order valence-corrected chi connectivity index (χ1v) is 9.21. The van der Waals surface area contributed by atoms with Gasteiger partial charge in [0, 0.05) is 25.6 Å². The summed E-state index contributed by atoms with van der Waals surface area (Å²) >= 11 is 0. The van der Waals surface area contributed by atoms with Gasteiger partial charge in [0.15, 0.2) is 0 Å². The monoisotopic (exact) mass is 418 g/mol. The SMILES string of the molecule is C/C(=C\C(=O)O)CCC[C@H](C)CCC[C@H](C)CCCC(C)C.F.[NaH].[Zn]. The minimum absolute atomic E-state index is 0. The van der Waals surface area contributed by atoms with Gasteiger partial charge in [0.1, 0.15) is 0 Å². The molecule has 1 N–H and O–H groups in total. The van der Waals surface area contributed by atoms with Crippen molar-refractivity contribution >= 4 is 35.5 Å². The van der Waals surface area contributed by atoms with Crippen LogP contribution in [0.15, 0.2) is 11.6 Å². The number of hydrogen-bond donors (Lipinski definition) is 1. The average molecular weight is 420 g/mol. The number of aliphatic carboxylic acids is 1. The third-order valence-electron chi connectivity index (χ3n) is 4.51. The van der Waals surface area contributed by atoms with Crippen molar-refractivity contribution in [1.29, 1.82) is 0 Å². The van der Waals surface area contributed by atoms with Crippen molar-refractivity contribution in [3.05, 3.63) is 11.6 Å². The third-order valence-corrected chi connectivity index (χ3v) is 4.51. The van der Waals surface area contributed by atoms with E-state index in [2.05, 4.69) is 27.7 Å². The van der Waals surface area contributed by atoms with Gasteiger partial charge in [-0.15, -0.1) is 0 Å². The maximum Gasteiger partial charge on any atom is 0 e. The molecular formula is C20H40FNaO2Zn. The topological polar surface area (TPSA) is 37.3 Å². The largest absolute Gasteiger partial charge is 0 e. The van der Waals surface area contributed by atoms with E-state index in [1.54, 1.807) is 0 Å². The van der Waals surface area contributed by atoms with E-state index >= 15 is 0 Å². The molecule has 0 fully saturated rings. The minimum atomic E-state index is -0.822. The van der Waals surface area contributed by atoms with Crippen LogP contribution in [0.25, 0.3) is 0 Å². The van der Waals surface area contributed by atoms with Gasteiger partial charge in [0.2, 0.25) is 0 Å². The van der Waals surface area contributed by atoms with Gasteiger partial charge in [-0.25, -0.2) is 4.79 Å². The van der Waals surface area contributed by atoms with Crippen molar-refractivity contribution in [1.82, 2.24) is 0 Å². The second-order valence-electron chi connectivity index (χ2n) is 7.69. The van der Waals surface area contributed by atoms with Crippen LogP contribution in [-0.4, -0.2) is 40.6 Å². The van der Waals surface area contributed by atoms with Crippen LogP contribution in [0.2, 0.25) is 0 Å². The first kappa shape index (κ1) is 33.4. The maximum absolute atomic E-state index is 10.5. The van der Waals surface area contributed by atoms with Crippen LogP contribution >= 0.6 is 0 Å². The molecule has 0 aromatic heterocycles. The molecule has 0 radical (unpaired) electrons. The molecule has 0 unspecified atom stereocenters. The van der Waals surface area contributed by atoms with E-state index in [-0.39, 0.29) is 53.7 Å². The molecule has 0 bridgehead atoms. The van der Waals surface area contributed by atoms with Crippen LogP contribution in [0.4, 0.5) is 4.70 Å². The van der Waals surface area contributed by atoms with Gasteiger partial charge in [-0.05, 0) is 37.5 Å². The summed E-state index contributed by atoms with van der Waals surface area (Å²) in [5.41, 5.74) is 0.985. The van der Waals surface area contributed by atoms with Gasteiger partial charge in [0.05, 0.1) is 0 Å². The number of carbonyl (C=O) groups is 1. The van der Waals surface area contributed by atoms with Crippen molar-refractivity contribution < 1.29 is 34.1 Å². The van der Waals surface area contributed by atoms with Crippen LogP contribution in [0, 0.1) is 17.8 Å². The summed E-state index contributed by atoms with van der Waals surface area (Å²) in [4.78, 5) is 10.5. The van der Waals surface area contributed by atoms with Crippen molar-refractivity contribution in [2.75, 3.05) is 0 Å². The summed E-state index contributed by atoms with van der Waals surface area (Å²) in [6.45, 7) is 11.3. The van der Waals surface area contributed by atoms with Gasteiger partial charge in [-0.1, -0.05) is 78.2 Å². The van der Waals surface area contributed by atoms with Crippen LogP contribution in [-0.2, 0) is 24.3 Å². The van der Waals surface area contributed by atoms with E-state index in [9.17, 15) is 4.79 Å². The van der Waals surface area contributed by atoms with E-state index in [1.807, 2.05) is 6.92 Å². The Morgan fingerprint density at radius 3 is 1.68 bits per heavy atom. The number of hydrogen-bond acceptors (Lipinski definition) is 1. The summed E-state index contributed by atoms with van der Waals surface area (Å²) in [5, 5.41) is 8.68. The molecule has 0 aromatic rings. The zero-order valence-electron chi connectivity index (χ0n) is 16.6. The molecule has 142 valence electrons. The van der Waals surface area contributed by atoms with E-state index in [1.165, 1.54) is 51.0 Å². The standard InChI is InChI=1S/C20H38O2.FH.Na.Zn.H/c1-16(2)9-6-10-17(3)11-7-12-18(4)13-8-14-19(5)15-20(21)22;;;;/h15-18H,6-14H2,1-5H3,(H,21,22);1H;;;/b19-15+;;;;/t17-,18-;;;;/m1..../s1. The van der Waals surface area contributed by atoms with Gasteiger partial charge < -0.3 is 5.11 Å². The molecule has 0 rings (SSSR count). The first-order valence-electron chi connectivity index (χ1n) is 9.21. The van der Waals surface area contributed by atoms with Crippen molar-refractivity contribution in [2.45, 2.75) is 92.4 Å². The molecule has 0 spiro atoms. The van der Waals surface area contributed by atoms with Crippen LogP contribution in [0.1, 0.15) is 92.4 Å². The molecular weight excluding hydrogens is 380 g/mol. The summed E-state index contributed by atoms with van der Waals surface area (Å²) in [7, 11) is 0. The smallest absolute Gasteiger partial charge is 0 e. The molecule has 5 heteroatoms. The fourth-order valence-electron chi connectivity index (χ4n) is 2.99. The Morgan fingerprint density at radius 2 is 1.28 bits per heavy atom. The molecule has 0 aliphatic heterocycles. The number of carboxylic acid groups (broad SMARTS) is 1. The number of allylic oxidation sites excluding steroid dienone is 1. The zero-order chi connectivity index (χ0) is 17.0. The average Bonchev–Trinajstić information content (AvgIpc) is 2.37. The fraction of sp³-hybridized carbons (Fsp3) is 0.850. The van der Waals surface area contributed by atoms with Gasteiger partial charge >= 0.3 is 35.5 Å². The molecule has 0 heterocycles. The second-order valence-corrected chi connectivity index (χ2v) is 7.69. The van der Waals surface area contributed by atoms with Crippen LogP contribution in [0.3, 0.4) is 0 Å². The Balaban J connectivity index is -0.000000735. The third kappa shape index (κ3) is 24.8. The molecule has 2 atom stereocenters. The number of halogens is 1. The van der Waals surface area contributed by atoms with E-state index < -0.39 is 5.97 Å². The molecule has 0 saturated carbocycles. The van der Waals surface area contributed by atoms with Crippen molar-refractivity contribution in [2.24, 2.45) is 17.8 Å². The van der Waals surface area contributed by atoms with E-state index in [0.717, 1.165) is 36.2 Å². The quantitative estimate of drug-likeness (QED) is 0.295. The van der Waals surface area contributed by atoms with E-state index in [4.69, 9.17) is 5.11 Å². The van der Waals surface area contributed by atoms with Gasteiger partial charge in [-0.2, -0.15) is 0 Å². The van der Waals surface area contributed by atoms with Crippen LogP contribution < -0.4 is 0 Å². The predicted octanol–water partition coefficient (Wildman–Crippen LogP) is 5.96. The maximum atomic E-state index is 10.5. The zero-order valence-corrected chi connectivity index (χ0v) is 19.6. The Kier molecular flexibility index (Phi) is 28.1. The summed E-state index contributed by atoms with van der Waals surface area (Å²) in [6, 6.07) is 0.